The molecule has 156 valence electrons. The number of aliphatic hydroxyl groups is 1. The number of carbonyl (C=O) groups excluding carboxylic acids is 1. The van der Waals surface area contributed by atoms with Crippen LogP contribution in [0.25, 0.3) is 0 Å². The molecule has 0 bridgehead atoms. The second kappa shape index (κ2) is 8.62. The number of rotatable bonds is 6. The summed E-state index contributed by atoms with van der Waals surface area (Å²) in [4.78, 5) is 24.0. The lowest BCUT2D eigenvalue weighted by molar-refractivity contribution is 0.0698. The van der Waals surface area contributed by atoms with Crippen LogP contribution < -0.4 is 5.32 Å². The standard InChI is InChI=1S/C20H19N3O6S/c21-11-13-6-7-18(17(9-13)20(26)27)22-19(25)14-3-1-5-16(10-14)30(28,29)23-8-2-4-15(23)12-24/h1,3,5-7,9-10,15,24H,2,4,8,12H2,(H,22,25)(H,26,27). The Morgan fingerprint density at radius 3 is 2.67 bits per heavy atom. The molecule has 9 nitrogen and oxygen atoms in total. The molecule has 1 fully saturated rings. The van der Waals surface area contributed by atoms with Crippen molar-refractivity contribution >= 4 is 27.6 Å². The van der Waals surface area contributed by atoms with E-state index in [0.29, 0.717) is 12.8 Å². The number of nitrogens with zero attached hydrogens (tertiary/aromatic N) is 2. The number of amides is 1. The van der Waals surface area contributed by atoms with E-state index in [1.165, 1.54) is 40.7 Å². The zero-order valence-corrected chi connectivity index (χ0v) is 16.6. The van der Waals surface area contributed by atoms with Crippen LogP contribution in [0.5, 0.6) is 0 Å². The summed E-state index contributed by atoms with van der Waals surface area (Å²) in [5.74, 6) is -2.01. The molecule has 0 saturated carbocycles. The number of hydrogen-bond acceptors (Lipinski definition) is 6. The Hall–Kier alpha value is -3.26. The molecule has 1 saturated heterocycles. The van der Waals surface area contributed by atoms with Crippen molar-refractivity contribution in [2.75, 3.05) is 18.5 Å². The van der Waals surface area contributed by atoms with Crippen molar-refractivity contribution < 1.29 is 28.2 Å². The Labute approximate surface area is 173 Å². The molecule has 2 aromatic rings. The van der Waals surface area contributed by atoms with E-state index >= 15 is 0 Å². The van der Waals surface area contributed by atoms with Gasteiger partial charge in [-0.05, 0) is 49.2 Å². The number of carbonyl (C=O) groups is 2. The normalized spacial score (nSPS) is 16.7. The highest BCUT2D eigenvalue weighted by atomic mass is 32.2. The van der Waals surface area contributed by atoms with E-state index in [4.69, 9.17) is 5.26 Å². The SMILES string of the molecule is N#Cc1ccc(NC(=O)c2cccc(S(=O)(=O)N3CCCC3CO)c2)c(C(=O)O)c1. The number of nitrogens with one attached hydrogen (secondary N) is 1. The van der Waals surface area contributed by atoms with Crippen molar-refractivity contribution in [1.29, 1.82) is 5.26 Å². The molecule has 1 aliphatic heterocycles. The van der Waals surface area contributed by atoms with E-state index < -0.39 is 27.9 Å². The molecule has 1 amide bonds. The Kier molecular flexibility index (Phi) is 6.17. The minimum absolute atomic E-state index is 0.0142. The molecule has 0 aliphatic carbocycles. The summed E-state index contributed by atoms with van der Waals surface area (Å²) in [6.45, 7) is 0.00720. The molecule has 30 heavy (non-hydrogen) atoms. The topological polar surface area (TPSA) is 148 Å². The number of sulfonamides is 1. The van der Waals surface area contributed by atoms with Gasteiger partial charge in [-0.15, -0.1) is 0 Å². The van der Waals surface area contributed by atoms with Gasteiger partial charge in [0.2, 0.25) is 10.0 Å². The highest BCUT2D eigenvalue weighted by molar-refractivity contribution is 7.89. The number of aliphatic hydroxyl groups excluding tert-OH is 1. The summed E-state index contributed by atoms with van der Waals surface area (Å²) in [5.41, 5.74) is -0.118. The van der Waals surface area contributed by atoms with Gasteiger partial charge in [0.25, 0.3) is 5.91 Å². The highest BCUT2D eigenvalue weighted by Gasteiger charge is 2.35. The summed E-state index contributed by atoms with van der Waals surface area (Å²) in [5, 5.41) is 30.1. The summed E-state index contributed by atoms with van der Waals surface area (Å²) >= 11 is 0. The van der Waals surface area contributed by atoms with Gasteiger partial charge in [-0.25, -0.2) is 13.2 Å². The maximum atomic E-state index is 12.9. The maximum absolute atomic E-state index is 12.9. The second-order valence-electron chi connectivity index (χ2n) is 6.75. The van der Waals surface area contributed by atoms with Crippen molar-refractivity contribution in [1.82, 2.24) is 4.31 Å². The summed E-state index contributed by atoms with van der Waals surface area (Å²) in [6.07, 6.45) is 1.20. The van der Waals surface area contributed by atoms with Crippen molar-refractivity contribution in [2.45, 2.75) is 23.8 Å². The minimum Gasteiger partial charge on any atom is -0.478 e. The van der Waals surface area contributed by atoms with Gasteiger partial charge in [0.05, 0.1) is 34.4 Å². The van der Waals surface area contributed by atoms with Crippen molar-refractivity contribution in [3.63, 3.8) is 0 Å². The van der Waals surface area contributed by atoms with E-state index in [1.54, 1.807) is 0 Å². The lowest BCUT2D eigenvalue weighted by Gasteiger charge is -2.22. The number of hydrogen-bond donors (Lipinski definition) is 3. The smallest absolute Gasteiger partial charge is 0.337 e. The van der Waals surface area contributed by atoms with Crippen LogP contribution in [0, 0.1) is 11.3 Å². The molecule has 0 aromatic heterocycles. The zero-order valence-electron chi connectivity index (χ0n) is 15.8. The van der Waals surface area contributed by atoms with Crippen molar-refractivity contribution in [3.05, 3.63) is 59.2 Å². The molecule has 0 radical (unpaired) electrons. The van der Waals surface area contributed by atoms with Crippen LogP contribution >= 0.6 is 0 Å². The van der Waals surface area contributed by atoms with Gasteiger partial charge in [0, 0.05) is 18.2 Å². The van der Waals surface area contributed by atoms with E-state index in [-0.39, 0.29) is 40.4 Å². The fourth-order valence-electron chi connectivity index (χ4n) is 3.34. The molecular formula is C20H19N3O6S. The van der Waals surface area contributed by atoms with Gasteiger partial charge in [0.15, 0.2) is 0 Å². The van der Waals surface area contributed by atoms with Crippen molar-refractivity contribution in [2.24, 2.45) is 0 Å². The third kappa shape index (κ3) is 4.18. The number of aromatic carboxylic acids is 1. The van der Waals surface area contributed by atoms with Crippen LogP contribution in [0.3, 0.4) is 0 Å². The predicted octanol–water partition coefficient (Wildman–Crippen LogP) is 1.65. The van der Waals surface area contributed by atoms with Crippen LogP contribution in [-0.2, 0) is 10.0 Å². The van der Waals surface area contributed by atoms with Gasteiger partial charge in [-0.1, -0.05) is 6.07 Å². The maximum Gasteiger partial charge on any atom is 0.337 e. The molecule has 0 spiro atoms. The second-order valence-corrected chi connectivity index (χ2v) is 8.64. The minimum atomic E-state index is -3.90. The first-order valence-electron chi connectivity index (χ1n) is 9.09. The molecule has 2 aromatic carbocycles. The van der Waals surface area contributed by atoms with Crippen LogP contribution in [0.2, 0.25) is 0 Å². The monoisotopic (exact) mass is 429 g/mol. The first kappa shape index (κ1) is 21.4. The fraction of sp³-hybridized carbons (Fsp3) is 0.250. The van der Waals surface area contributed by atoms with Crippen LogP contribution in [-0.4, -0.2) is 54.0 Å². The van der Waals surface area contributed by atoms with Gasteiger partial charge >= 0.3 is 5.97 Å². The van der Waals surface area contributed by atoms with E-state index in [0.717, 1.165) is 6.07 Å². The molecule has 1 heterocycles. The quantitative estimate of drug-likeness (QED) is 0.632. The molecule has 1 unspecified atom stereocenters. The molecule has 3 rings (SSSR count). The number of carboxylic acids is 1. The lowest BCUT2D eigenvalue weighted by atomic mass is 10.1. The Morgan fingerprint density at radius 1 is 1.23 bits per heavy atom. The summed E-state index contributed by atoms with van der Waals surface area (Å²) < 4.78 is 27.1. The van der Waals surface area contributed by atoms with Gasteiger partial charge in [-0.2, -0.15) is 9.57 Å². The zero-order chi connectivity index (χ0) is 21.9. The third-order valence-corrected chi connectivity index (χ3v) is 6.81. The molecule has 1 aliphatic rings. The van der Waals surface area contributed by atoms with E-state index in [2.05, 4.69) is 5.32 Å². The predicted molar refractivity (Wildman–Crippen MR) is 107 cm³/mol. The average molecular weight is 429 g/mol. The molecule has 3 N–H and O–H groups in total. The first-order chi connectivity index (χ1) is 14.3. The summed E-state index contributed by atoms with van der Waals surface area (Å²) in [6, 6.07) is 10.5. The largest absolute Gasteiger partial charge is 0.478 e. The molecule has 1 atom stereocenters. The molecule has 10 heteroatoms. The van der Waals surface area contributed by atoms with Crippen LogP contribution in [0.4, 0.5) is 5.69 Å². The number of anilines is 1. The lowest BCUT2D eigenvalue weighted by Crippen LogP contribution is -2.37. The van der Waals surface area contributed by atoms with Gasteiger partial charge in [0.1, 0.15) is 0 Å². The van der Waals surface area contributed by atoms with Gasteiger partial charge in [-0.3, -0.25) is 4.79 Å². The Bertz CT molecular complexity index is 1140. The highest BCUT2D eigenvalue weighted by Crippen LogP contribution is 2.26. The average Bonchev–Trinajstić information content (AvgIpc) is 3.23. The van der Waals surface area contributed by atoms with Crippen molar-refractivity contribution in [3.8, 4) is 6.07 Å². The third-order valence-electron chi connectivity index (χ3n) is 4.86. The van der Waals surface area contributed by atoms with Crippen LogP contribution in [0.1, 0.15) is 39.1 Å². The summed E-state index contributed by atoms with van der Waals surface area (Å²) in [7, 11) is -3.90. The van der Waals surface area contributed by atoms with Gasteiger partial charge < -0.3 is 15.5 Å². The molecular weight excluding hydrogens is 410 g/mol. The first-order valence-corrected chi connectivity index (χ1v) is 10.5. The number of carboxylic acid groups (broad SMARTS) is 1. The Morgan fingerprint density at radius 2 is 2.00 bits per heavy atom. The number of nitriles is 1. The Balaban J connectivity index is 1.89. The van der Waals surface area contributed by atoms with Crippen LogP contribution in [0.15, 0.2) is 47.4 Å². The van der Waals surface area contributed by atoms with E-state index in [1.807, 2.05) is 6.07 Å². The fourth-order valence-corrected chi connectivity index (χ4v) is 5.07. The number of benzene rings is 2. The van der Waals surface area contributed by atoms with E-state index in [9.17, 15) is 28.2 Å².